The van der Waals surface area contributed by atoms with Crippen LogP contribution in [0.25, 0.3) is 17.4 Å². The predicted octanol–water partition coefficient (Wildman–Crippen LogP) is 4.10. The van der Waals surface area contributed by atoms with Gasteiger partial charge in [0.05, 0.1) is 6.20 Å². The van der Waals surface area contributed by atoms with Crippen molar-refractivity contribution in [1.82, 2.24) is 4.98 Å². The van der Waals surface area contributed by atoms with Crippen molar-refractivity contribution in [3.63, 3.8) is 0 Å². The van der Waals surface area contributed by atoms with Gasteiger partial charge >= 0.3 is 5.97 Å². The maximum Gasteiger partial charge on any atom is 0.331 e. The van der Waals surface area contributed by atoms with E-state index in [1.807, 2.05) is 31.2 Å². The van der Waals surface area contributed by atoms with E-state index < -0.39 is 5.97 Å². The Morgan fingerprint density at radius 1 is 1.38 bits per heavy atom. The van der Waals surface area contributed by atoms with E-state index in [4.69, 9.17) is 9.52 Å². The Balaban J connectivity index is 1.81. The number of aliphatic carboxylic acids is 1. The van der Waals surface area contributed by atoms with Crippen molar-refractivity contribution in [2.24, 2.45) is 0 Å². The number of carboxylic acids is 1. The fraction of sp³-hybridized carbons (Fsp3) is 0.294. The van der Waals surface area contributed by atoms with Gasteiger partial charge in [-0.2, -0.15) is 0 Å². The minimum Gasteiger partial charge on any atom is -0.478 e. The van der Waals surface area contributed by atoms with Crippen LogP contribution in [-0.4, -0.2) is 16.1 Å². The zero-order valence-corrected chi connectivity index (χ0v) is 11.9. The van der Waals surface area contributed by atoms with Crippen LogP contribution in [0.1, 0.15) is 43.6 Å². The zero-order valence-electron chi connectivity index (χ0n) is 11.9. The number of carbonyl (C=O) groups is 1. The lowest BCUT2D eigenvalue weighted by atomic mass is 10.1. The van der Waals surface area contributed by atoms with E-state index in [2.05, 4.69) is 4.98 Å². The van der Waals surface area contributed by atoms with Crippen molar-refractivity contribution in [2.45, 2.75) is 32.1 Å². The summed E-state index contributed by atoms with van der Waals surface area (Å²) in [5.41, 5.74) is 2.23. The Morgan fingerprint density at radius 2 is 2.10 bits per heavy atom. The molecule has 1 fully saturated rings. The fourth-order valence-electron chi connectivity index (χ4n) is 2.20. The van der Waals surface area contributed by atoms with Crippen LogP contribution in [0.4, 0.5) is 0 Å². The summed E-state index contributed by atoms with van der Waals surface area (Å²) in [5.74, 6) is 1.23. The predicted molar refractivity (Wildman–Crippen MR) is 79.8 cm³/mol. The fourth-order valence-corrected chi connectivity index (χ4v) is 2.20. The standard InChI is InChI=1S/C17H17NO3/c1-2-12(17(19)20)9-11-3-5-13(6-4-11)15-10-18-16(21-15)14-7-8-14/h3-6,9-10,14H,2,7-8H2,1H3,(H,19,20)/b12-9+. The zero-order chi connectivity index (χ0) is 14.8. The monoisotopic (exact) mass is 283 g/mol. The van der Waals surface area contributed by atoms with Gasteiger partial charge in [0.1, 0.15) is 0 Å². The molecule has 0 radical (unpaired) electrons. The molecule has 0 spiro atoms. The van der Waals surface area contributed by atoms with E-state index in [-0.39, 0.29) is 0 Å². The first-order valence-electron chi connectivity index (χ1n) is 7.17. The molecule has 0 bridgehead atoms. The third kappa shape index (κ3) is 3.05. The molecule has 108 valence electrons. The Morgan fingerprint density at radius 3 is 2.67 bits per heavy atom. The smallest absolute Gasteiger partial charge is 0.331 e. The number of benzene rings is 1. The number of hydrogen-bond acceptors (Lipinski definition) is 3. The largest absolute Gasteiger partial charge is 0.478 e. The van der Waals surface area contributed by atoms with E-state index in [1.54, 1.807) is 12.3 Å². The molecule has 3 rings (SSSR count). The number of carboxylic acid groups (broad SMARTS) is 1. The van der Waals surface area contributed by atoms with Crippen molar-refractivity contribution in [1.29, 1.82) is 0 Å². The highest BCUT2D eigenvalue weighted by molar-refractivity contribution is 5.92. The summed E-state index contributed by atoms with van der Waals surface area (Å²) in [6.45, 7) is 1.84. The van der Waals surface area contributed by atoms with Crippen LogP contribution in [0.3, 0.4) is 0 Å². The maximum atomic E-state index is 11.0. The molecule has 1 aliphatic carbocycles. The molecular formula is C17H17NO3. The van der Waals surface area contributed by atoms with Gasteiger partial charge in [-0.05, 0) is 30.9 Å². The number of aromatic nitrogens is 1. The molecule has 4 nitrogen and oxygen atoms in total. The van der Waals surface area contributed by atoms with E-state index in [0.717, 1.165) is 22.8 Å². The average Bonchev–Trinajstić information content (AvgIpc) is 3.23. The second kappa shape index (κ2) is 5.56. The quantitative estimate of drug-likeness (QED) is 0.839. The SMILES string of the molecule is CC/C(=C\c1ccc(-c2cnc(C3CC3)o2)cc1)C(=O)O. The molecule has 0 saturated heterocycles. The molecule has 1 N–H and O–H groups in total. The molecule has 4 heteroatoms. The lowest BCUT2D eigenvalue weighted by Gasteiger charge is -2.00. The van der Waals surface area contributed by atoms with Gasteiger partial charge in [-0.3, -0.25) is 0 Å². The molecular weight excluding hydrogens is 266 g/mol. The summed E-state index contributed by atoms with van der Waals surface area (Å²) in [4.78, 5) is 15.3. The van der Waals surface area contributed by atoms with Gasteiger partial charge in [0.15, 0.2) is 11.7 Å². The van der Waals surface area contributed by atoms with Gasteiger partial charge in [0.2, 0.25) is 0 Å². The highest BCUT2D eigenvalue weighted by Gasteiger charge is 2.28. The molecule has 1 aromatic heterocycles. The summed E-state index contributed by atoms with van der Waals surface area (Å²) in [7, 11) is 0. The lowest BCUT2D eigenvalue weighted by Crippen LogP contribution is -1.98. The first-order chi connectivity index (χ1) is 10.2. The molecule has 1 saturated carbocycles. The van der Waals surface area contributed by atoms with Crippen molar-refractivity contribution >= 4 is 12.0 Å². The first-order valence-corrected chi connectivity index (χ1v) is 7.17. The summed E-state index contributed by atoms with van der Waals surface area (Å²) >= 11 is 0. The van der Waals surface area contributed by atoms with Crippen LogP contribution in [0.5, 0.6) is 0 Å². The third-order valence-electron chi connectivity index (χ3n) is 3.64. The minimum absolute atomic E-state index is 0.401. The van der Waals surface area contributed by atoms with Crippen molar-refractivity contribution < 1.29 is 14.3 Å². The van der Waals surface area contributed by atoms with E-state index in [1.165, 1.54) is 12.8 Å². The molecule has 1 heterocycles. The number of hydrogen-bond donors (Lipinski definition) is 1. The van der Waals surface area contributed by atoms with Gasteiger partial charge in [0, 0.05) is 17.1 Å². The van der Waals surface area contributed by atoms with Gasteiger partial charge in [-0.15, -0.1) is 0 Å². The first kappa shape index (κ1) is 13.6. The lowest BCUT2D eigenvalue weighted by molar-refractivity contribution is -0.132. The minimum atomic E-state index is -0.870. The summed E-state index contributed by atoms with van der Waals surface area (Å²) < 4.78 is 5.75. The van der Waals surface area contributed by atoms with Gasteiger partial charge in [0.25, 0.3) is 0 Å². The van der Waals surface area contributed by atoms with Crippen molar-refractivity contribution in [3.8, 4) is 11.3 Å². The van der Waals surface area contributed by atoms with E-state index in [9.17, 15) is 4.79 Å². The van der Waals surface area contributed by atoms with Crippen LogP contribution >= 0.6 is 0 Å². The van der Waals surface area contributed by atoms with Crippen LogP contribution in [0.15, 0.2) is 40.5 Å². The topological polar surface area (TPSA) is 63.3 Å². The van der Waals surface area contributed by atoms with E-state index in [0.29, 0.717) is 17.9 Å². The van der Waals surface area contributed by atoms with Gasteiger partial charge < -0.3 is 9.52 Å². The van der Waals surface area contributed by atoms with Crippen LogP contribution in [-0.2, 0) is 4.79 Å². The summed E-state index contributed by atoms with van der Waals surface area (Å²) in [6.07, 6.45) is 6.29. The molecule has 21 heavy (non-hydrogen) atoms. The van der Waals surface area contributed by atoms with Crippen LogP contribution < -0.4 is 0 Å². The number of nitrogens with zero attached hydrogens (tertiary/aromatic N) is 1. The molecule has 0 atom stereocenters. The van der Waals surface area contributed by atoms with E-state index >= 15 is 0 Å². The maximum absolute atomic E-state index is 11.0. The Hall–Kier alpha value is -2.36. The van der Waals surface area contributed by atoms with Gasteiger partial charge in [-0.25, -0.2) is 9.78 Å². The average molecular weight is 283 g/mol. The Kier molecular flexibility index (Phi) is 3.60. The summed E-state index contributed by atoms with van der Waals surface area (Å²) in [6, 6.07) is 7.65. The van der Waals surface area contributed by atoms with Crippen molar-refractivity contribution in [3.05, 3.63) is 47.5 Å². The van der Waals surface area contributed by atoms with Crippen LogP contribution in [0, 0.1) is 0 Å². The number of oxazole rings is 1. The highest BCUT2D eigenvalue weighted by atomic mass is 16.4. The Bertz CT molecular complexity index is 678. The molecule has 1 aromatic carbocycles. The Labute approximate surface area is 123 Å². The second-order valence-corrected chi connectivity index (χ2v) is 5.29. The third-order valence-corrected chi connectivity index (χ3v) is 3.64. The molecule has 0 aliphatic heterocycles. The molecule has 1 aliphatic rings. The van der Waals surface area contributed by atoms with Gasteiger partial charge in [-0.1, -0.05) is 31.2 Å². The highest BCUT2D eigenvalue weighted by Crippen LogP contribution is 2.40. The molecule has 0 amide bonds. The normalized spacial score (nSPS) is 15.2. The summed E-state index contributed by atoms with van der Waals surface area (Å²) in [5, 5.41) is 9.04. The van der Waals surface area contributed by atoms with Crippen molar-refractivity contribution in [2.75, 3.05) is 0 Å². The molecule has 2 aromatic rings. The number of rotatable bonds is 5. The van der Waals surface area contributed by atoms with Crippen LogP contribution in [0.2, 0.25) is 0 Å². The second-order valence-electron chi connectivity index (χ2n) is 5.29. The molecule has 0 unspecified atom stereocenters.